The molecule has 4 saturated heterocycles. The second-order valence-corrected chi connectivity index (χ2v) is 26.9. The van der Waals surface area contributed by atoms with Crippen molar-refractivity contribution in [1.29, 1.82) is 0 Å². The van der Waals surface area contributed by atoms with Gasteiger partial charge in [0.25, 0.3) is 20.2 Å². The molecule has 0 radical (unpaired) electrons. The maximum Gasteiger partial charge on any atom is 0.540 e. The molecule has 28 nitrogen and oxygen atoms in total. The Bertz CT molecular complexity index is 2010. The fourth-order valence-electron chi connectivity index (χ4n) is 1.78. The smallest absolute Gasteiger partial charge is 0.310 e. The fourth-order valence-corrected chi connectivity index (χ4v) is 14.1. The molecular formula is C10H14F2O28S10. The number of hydrogen-bond donors (Lipinski definition) is 0. The third-order valence-corrected chi connectivity index (χ3v) is 22.9. The van der Waals surface area contributed by atoms with Gasteiger partial charge in [-0.05, 0) is 27.7 Å². The third-order valence-electron chi connectivity index (χ3n) is 4.60. The summed E-state index contributed by atoms with van der Waals surface area (Å²) in [6.45, 7) is 3.50. The molecule has 0 amide bonds. The highest BCUT2D eigenvalue weighted by Gasteiger charge is 2.67. The zero-order valence-electron chi connectivity index (χ0n) is 23.5. The Balaban J connectivity index is 0.000000334. The highest BCUT2D eigenvalue weighted by atomic mass is 32.4. The first kappa shape index (κ1) is 46.2. The molecule has 0 aromatic carbocycles. The lowest BCUT2D eigenvalue weighted by Gasteiger charge is -2.25. The van der Waals surface area contributed by atoms with Gasteiger partial charge in [-0.3, -0.25) is 0 Å². The molecule has 4 fully saturated rings. The monoisotopic (exact) mass is 940 g/mol. The molecule has 4 heterocycles. The Morgan fingerprint density at radius 1 is 0.460 bits per heavy atom. The van der Waals surface area contributed by atoms with Gasteiger partial charge in [0, 0.05) is 0 Å². The molecule has 0 N–H and O–H groups in total. The lowest BCUT2D eigenvalue weighted by Crippen LogP contribution is -2.48. The normalized spacial score (nSPS) is 29.6. The third kappa shape index (κ3) is 9.76. The lowest BCUT2D eigenvalue weighted by molar-refractivity contribution is 0.0979. The first-order valence-electron chi connectivity index (χ1n) is 10.4. The van der Waals surface area contributed by atoms with Crippen LogP contribution in [0.15, 0.2) is 0 Å². The second kappa shape index (κ2) is 13.8. The molecule has 0 aliphatic carbocycles. The van der Waals surface area contributed by atoms with Gasteiger partial charge in [-0.2, -0.15) is 84.5 Å². The first-order valence-corrected chi connectivity index (χ1v) is 24.0. The highest BCUT2D eigenvalue weighted by molar-refractivity contribution is 8.14. The van der Waals surface area contributed by atoms with E-state index in [1.165, 1.54) is 0 Å². The van der Waals surface area contributed by atoms with Crippen molar-refractivity contribution in [2.75, 3.05) is 5.08 Å². The number of carbonyl (C=O) groups is 2. The molecule has 50 heavy (non-hydrogen) atoms. The van der Waals surface area contributed by atoms with E-state index in [4.69, 9.17) is 0 Å². The Labute approximate surface area is 285 Å². The van der Waals surface area contributed by atoms with Crippen molar-refractivity contribution in [3.8, 4) is 0 Å². The Morgan fingerprint density at radius 3 is 0.980 bits per heavy atom. The molecule has 0 aromatic heterocycles. The molecule has 4 aliphatic rings. The highest BCUT2D eigenvalue weighted by Crippen LogP contribution is 2.36. The zero-order valence-corrected chi connectivity index (χ0v) is 31.6. The minimum Gasteiger partial charge on any atom is -0.310 e. The van der Waals surface area contributed by atoms with E-state index in [-0.39, 0.29) is 0 Å². The number of alkyl halides is 2. The van der Waals surface area contributed by atoms with Crippen molar-refractivity contribution in [3.05, 3.63) is 0 Å². The summed E-state index contributed by atoms with van der Waals surface area (Å²) in [5.74, 6) is 0. The van der Waals surface area contributed by atoms with Crippen molar-refractivity contribution in [1.82, 2.24) is 0 Å². The van der Waals surface area contributed by atoms with E-state index in [0.29, 0.717) is 0 Å². The standard InChI is InChI=1S/C4H6O7S2.C3H6O7S3.C2F2O7S2.CH2O7S3/c1-4(2)12(6,7)10-3(5)11-13(4,8)9;1-3(2)12(5,6)9-11(4)10-13(3,7)8;3-2(4)12(6,7)10-1(5)11-13(2,8)9;2-9-7-10(3,4)1-11(5,6)8-9/h2*1-2H3;;1H2. The molecule has 0 bridgehead atoms. The summed E-state index contributed by atoms with van der Waals surface area (Å²) in [5, 5.41) is -1.30. The summed E-state index contributed by atoms with van der Waals surface area (Å²) in [5.41, 5.74) is 0. The van der Waals surface area contributed by atoms with Crippen LogP contribution in [0.3, 0.4) is 0 Å². The molecule has 0 spiro atoms. The maximum atomic E-state index is 12.4. The molecule has 0 saturated carbocycles. The van der Waals surface area contributed by atoms with Crippen LogP contribution in [0, 0.1) is 0 Å². The number of halogens is 2. The van der Waals surface area contributed by atoms with Gasteiger partial charge in [-0.15, -0.1) is 14.5 Å². The number of carbonyl (C=O) groups excluding carboxylic acids is 2. The maximum absolute atomic E-state index is 12.4. The van der Waals surface area contributed by atoms with Crippen LogP contribution in [-0.2, 0) is 135 Å². The molecule has 40 heteroatoms. The summed E-state index contributed by atoms with van der Waals surface area (Å²) in [6, 6.07) is 0. The van der Waals surface area contributed by atoms with Gasteiger partial charge in [-0.25, -0.2) is 9.59 Å². The van der Waals surface area contributed by atoms with E-state index in [2.05, 4.69) is 31.2 Å². The Morgan fingerprint density at radius 2 is 0.700 bits per heavy atom. The quantitative estimate of drug-likeness (QED) is 0.210. The number of rotatable bonds is 0. The van der Waals surface area contributed by atoms with Gasteiger partial charge >= 0.3 is 100 Å². The minimum absolute atomic E-state index is 0.865. The minimum atomic E-state index is -5.81. The summed E-state index contributed by atoms with van der Waals surface area (Å²) in [4.78, 5) is 20.4. The second-order valence-electron chi connectivity index (χ2n) is 8.73. The topological polar surface area (TPSA) is 415 Å². The molecular weight excluding hydrogens is 927 g/mol. The van der Waals surface area contributed by atoms with Gasteiger partial charge in [-0.1, -0.05) is 0 Å². The van der Waals surface area contributed by atoms with Crippen LogP contribution in [0.2, 0.25) is 0 Å². The van der Waals surface area contributed by atoms with Crippen molar-refractivity contribution in [3.63, 3.8) is 0 Å². The average molecular weight is 941 g/mol. The van der Waals surface area contributed by atoms with E-state index >= 15 is 0 Å². The van der Waals surface area contributed by atoms with Crippen LogP contribution < -0.4 is 0 Å². The van der Waals surface area contributed by atoms with Crippen LogP contribution in [-0.4, -0.2) is 106 Å². The van der Waals surface area contributed by atoms with Crippen LogP contribution >= 0.6 is 0 Å². The van der Waals surface area contributed by atoms with Crippen molar-refractivity contribution in [2.24, 2.45) is 0 Å². The van der Waals surface area contributed by atoms with Gasteiger partial charge in [0.1, 0.15) is 0 Å². The molecule has 0 unspecified atom stereocenters. The predicted octanol–water partition coefficient (Wildman–Crippen LogP) is -3.85. The summed E-state index contributed by atoms with van der Waals surface area (Å²) in [6.07, 6.45) is -3.98. The molecule has 296 valence electrons. The van der Waals surface area contributed by atoms with Crippen LogP contribution in [0.1, 0.15) is 27.7 Å². The van der Waals surface area contributed by atoms with E-state index in [1.807, 2.05) is 0 Å². The van der Waals surface area contributed by atoms with E-state index < -0.39 is 134 Å². The Hall–Kier alpha value is -1.86. The average Bonchev–Trinajstić information content (AvgIpc) is 2.77. The van der Waals surface area contributed by atoms with Crippen LogP contribution in [0.5, 0.6) is 0 Å². The van der Waals surface area contributed by atoms with Crippen LogP contribution in [0.25, 0.3) is 0 Å². The van der Waals surface area contributed by atoms with Crippen molar-refractivity contribution >= 4 is 116 Å². The SMILES string of the molecule is CC1(C)S(=O)(=O)OC(=O)OS1(=O)=O.CC1(C)S(=O)(=O)OS(=O)OS1(=O)=O.O=C1OS(=O)(=O)C(F)(F)S(=O)(=O)O1.O=S1OS(=O)(=O)CS(=O)(=O)O1. The van der Waals surface area contributed by atoms with E-state index in [9.17, 15) is 94.1 Å². The summed E-state index contributed by atoms with van der Waals surface area (Å²) < 4.78 is 235. The summed E-state index contributed by atoms with van der Waals surface area (Å²) in [7, 11) is -38.0. The molecule has 0 atom stereocenters. The zero-order chi connectivity index (χ0) is 40.2. The van der Waals surface area contributed by atoms with Gasteiger partial charge in [0.15, 0.2) is 0 Å². The number of hydrogen-bond acceptors (Lipinski definition) is 28. The largest absolute Gasteiger partial charge is 0.540 e. The van der Waals surface area contributed by atoms with Crippen LogP contribution in [0.4, 0.5) is 18.4 Å². The van der Waals surface area contributed by atoms with Crippen molar-refractivity contribution in [2.45, 2.75) is 40.4 Å². The molecule has 4 rings (SSSR count). The van der Waals surface area contributed by atoms with E-state index in [0.717, 1.165) is 27.7 Å². The molecule has 0 aromatic rings. The van der Waals surface area contributed by atoms with Gasteiger partial charge in [0.05, 0.1) is 0 Å². The van der Waals surface area contributed by atoms with Crippen molar-refractivity contribution < 1.29 is 125 Å². The predicted molar refractivity (Wildman–Crippen MR) is 145 cm³/mol. The fraction of sp³-hybridized carbons (Fsp3) is 0.800. The molecule has 4 aliphatic heterocycles. The Kier molecular flexibility index (Phi) is 12.8. The van der Waals surface area contributed by atoms with Gasteiger partial charge < -0.3 is 16.7 Å². The van der Waals surface area contributed by atoms with Gasteiger partial charge in [0.2, 0.25) is 13.2 Å². The summed E-state index contributed by atoms with van der Waals surface area (Å²) >= 11 is -5.56. The first-order chi connectivity index (χ1) is 21.6. The lowest BCUT2D eigenvalue weighted by atomic mass is 10.5. The van der Waals surface area contributed by atoms with E-state index in [1.54, 1.807) is 0 Å².